The molecular formula is C19H28N4OS. The van der Waals surface area contributed by atoms with E-state index in [-0.39, 0.29) is 12.1 Å². The topological polar surface area (TPSA) is 65.6 Å². The van der Waals surface area contributed by atoms with E-state index in [1.54, 1.807) is 11.3 Å². The van der Waals surface area contributed by atoms with E-state index in [1.165, 1.54) is 16.0 Å². The van der Waals surface area contributed by atoms with Crippen LogP contribution in [0.25, 0.3) is 10.4 Å². The molecule has 1 saturated heterocycles. The first kappa shape index (κ1) is 18.5. The third-order valence-electron chi connectivity index (χ3n) is 5.29. The first-order valence-electron chi connectivity index (χ1n) is 8.85. The second kappa shape index (κ2) is 7.93. The van der Waals surface area contributed by atoms with Crippen LogP contribution >= 0.6 is 11.3 Å². The Balaban J connectivity index is 1.58. The third kappa shape index (κ3) is 4.27. The number of aliphatic hydroxyl groups excluding tert-OH is 1. The minimum absolute atomic E-state index is 0.160. The molecule has 2 aromatic rings. The Morgan fingerprint density at radius 2 is 2.12 bits per heavy atom. The fraction of sp³-hybridized carbons (Fsp3) is 0.526. The number of rotatable bonds is 6. The molecule has 1 unspecified atom stereocenters. The predicted molar refractivity (Wildman–Crippen MR) is 103 cm³/mol. The molecule has 0 amide bonds. The number of hydrogen-bond donors (Lipinski definition) is 2. The average Bonchev–Trinajstić information content (AvgIpc) is 3.17. The van der Waals surface area contributed by atoms with Crippen molar-refractivity contribution in [1.82, 2.24) is 14.9 Å². The Bertz CT molecular complexity index is 687. The maximum absolute atomic E-state index is 9.76. The van der Waals surface area contributed by atoms with Gasteiger partial charge in [-0.05, 0) is 44.9 Å². The van der Waals surface area contributed by atoms with Crippen LogP contribution < -0.4 is 5.84 Å². The van der Waals surface area contributed by atoms with E-state index in [4.69, 9.17) is 5.84 Å². The van der Waals surface area contributed by atoms with Crippen LogP contribution in [0.5, 0.6) is 0 Å². The smallest absolute Gasteiger partial charge is 0.0801 e. The lowest BCUT2D eigenvalue weighted by Crippen LogP contribution is -2.38. The normalized spacial score (nSPS) is 22.6. The van der Waals surface area contributed by atoms with Gasteiger partial charge in [0.05, 0.1) is 22.2 Å². The maximum atomic E-state index is 9.76. The minimum Gasteiger partial charge on any atom is -0.392 e. The summed E-state index contributed by atoms with van der Waals surface area (Å²) in [6.07, 6.45) is 1.63. The number of nitrogens with two attached hydrogens (primary N) is 1. The van der Waals surface area contributed by atoms with Gasteiger partial charge in [-0.3, -0.25) is 5.84 Å². The highest BCUT2D eigenvalue weighted by molar-refractivity contribution is 7.13. The van der Waals surface area contributed by atoms with Crippen LogP contribution in [-0.2, 0) is 0 Å². The summed E-state index contributed by atoms with van der Waals surface area (Å²) in [5.41, 5.74) is 5.39. The van der Waals surface area contributed by atoms with Gasteiger partial charge in [0.1, 0.15) is 0 Å². The number of thiazole rings is 1. The van der Waals surface area contributed by atoms with Crippen molar-refractivity contribution >= 4 is 11.3 Å². The van der Waals surface area contributed by atoms with Crippen molar-refractivity contribution in [2.24, 2.45) is 5.84 Å². The van der Waals surface area contributed by atoms with Gasteiger partial charge in [0.15, 0.2) is 0 Å². The summed E-state index contributed by atoms with van der Waals surface area (Å²) < 4.78 is 0. The highest BCUT2D eigenvalue weighted by atomic mass is 32.1. The van der Waals surface area contributed by atoms with Gasteiger partial charge in [0.25, 0.3) is 0 Å². The Morgan fingerprint density at radius 3 is 2.68 bits per heavy atom. The fourth-order valence-electron chi connectivity index (χ4n) is 3.56. The molecular weight excluding hydrogens is 332 g/mol. The lowest BCUT2D eigenvalue weighted by molar-refractivity contribution is 0.182. The molecule has 3 N–H and O–H groups in total. The molecule has 1 aliphatic heterocycles. The number of nitrogens with zero attached hydrogens (tertiary/aromatic N) is 3. The number of likely N-dealkylation sites (N-methyl/N-ethyl adjacent to an activating group) is 1. The standard InChI is InChI=1S/C19H28N4OS/c1-13-19(25-12-21-13)16-6-4-15(5-7-16)14(2)23(20)9-8-17-10-18(24)11-22(17)3/h4-7,12,14,17-18,24H,8-11,20H2,1-3H3/t14-,17+,18?/m0/s1. The van der Waals surface area contributed by atoms with Crippen molar-refractivity contribution in [3.8, 4) is 10.4 Å². The van der Waals surface area contributed by atoms with Crippen LogP contribution in [0.15, 0.2) is 29.8 Å². The first-order chi connectivity index (χ1) is 12.0. The number of hydrogen-bond acceptors (Lipinski definition) is 6. The highest BCUT2D eigenvalue weighted by Crippen LogP contribution is 2.29. The average molecular weight is 361 g/mol. The van der Waals surface area contributed by atoms with E-state index in [0.717, 1.165) is 31.6 Å². The zero-order valence-corrected chi connectivity index (χ0v) is 16.0. The molecule has 5 nitrogen and oxygen atoms in total. The van der Waals surface area contributed by atoms with Gasteiger partial charge in [0, 0.05) is 25.2 Å². The summed E-state index contributed by atoms with van der Waals surface area (Å²) in [5, 5.41) is 11.7. The zero-order valence-electron chi connectivity index (χ0n) is 15.2. The molecule has 25 heavy (non-hydrogen) atoms. The Morgan fingerprint density at radius 1 is 1.40 bits per heavy atom. The zero-order chi connectivity index (χ0) is 18.0. The number of β-amino-alcohol motifs (C(OH)–C–C–N with tert-alkyl or cyclic N) is 1. The first-order valence-corrected chi connectivity index (χ1v) is 9.73. The quantitative estimate of drug-likeness (QED) is 0.612. The van der Waals surface area contributed by atoms with Crippen LogP contribution in [-0.4, -0.2) is 52.3 Å². The van der Waals surface area contributed by atoms with Crippen molar-refractivity contribution in [1.29, 1.82) is 0 Å². The van der Waals surface area contributed by atoms with Crippen LogP contribution in [0.4, 0.5) is 0 Å². The molecule has 1 fully saturated rings. The Labute approximate surface area is 154 Å². The molecule has 0 bridgehead atoms. The molecule has 0 aliphatic carbocycles. The summed E-state index contributed by atoms with van der Waals surface area (Å²) in [5.74, 6) is 6.31. The van der Waals surface area contributed by atoms with Gasteiger partial charge >= 0.3 is 0 Å². The number of benzene rings is 1. The molecule has 0 saturated carbocycles. The molecule has 1 aliphatic rings. The third-order valence-corrected chi connectivity index (χ3v) is 6.26. The largest absolute Gasteiger partial charge is 0.392 e. The van der Waals surface area contributed by atoms with Gasteiger partial charge in [-0.15, -0.1) is 11.3 Å². The maximum Gasteiger partial charge on any atom is 0.0801 e. The molecule has 1 aromatic carbocycles. The van der Waals surface area contributed by atoms with E-state index in [1.807, 2.05) is 17.4 Å². The van der Waals surface area contributed by atoms with Gasteiger partial charge in [-0.2, -0.15) is 0 Å². The molecule has 6 heteroatoms. The van der Waals surface area contributed by atoms with Crippen LogP contribution in [0, 0.1) is 6.92 Å². The molecule has 2 heterocycles. The van der Waals surface area contributed by atoms with Crippen LogP contribution in [0.2, 0.25) is 0 Å². The van der Waals surface area contributed by atoms with Gasteiger partial charge in [-0.1, -0.05) is 24.3 Å². The Kier molecular flexibility index (Phi) is 5.86. The Hall–Kier alpha value is -1.31. The highest BCUT2D eigenvalue weighted by Gasteiger charge is 2.28. The van der Waals surface area contributed by atoms with Gasteiger partial charge in [-0.25, -0.2) is 9.99 Å². The number of aliphatic hydroxyl groups is 1. The van der Waals surface area contributed by atoms with Crippen molar-refractivity contribution < 1.29 is 5.11 Å². The van der Waals surface area contributed by atoms with Crippen molar-refractivity contribution in [2.45, 2.75) is 44.9 Å². The van der Waals surface area contributed by atoms with Crippen molar-refractivity contribution in [3.63, 3.8) is 0 Å². The molecule has 3 rings (SSSR count). The van der Waals surface area contributed by atoms with E-state index in [9.17, 15) is 5.11 Å². The predicted octanol–water partition coefficient (Wildman–Crippen LogP) is 2.81. The lowest BCUT2D eigenvalue weighted by atomic mass is 10.0. The van der Waals surface area contributed by atoms with Crippen LogP contribution in [0.3, 0.4) is 0 Å². The SMILES string of the molecule is Cc1ncsc1-c1ccc([C@H](C)N(N)CC[C@@H]2CC(O)CN2C)cc1. The second-order valence-electron chi connectivity index (χ2n) is 7.07. The monoisotopic (exact) mass is 360 g/mol. The molecule has 0 radical (unpaired) electrons. The van der Waals surface area contributed by atoms with Crippen molar-refractivity contribution in [2.75, 3.05) is 20.1 Å². The molecule has 3 atom stereocenters. The number of hydrazine groups is 1. The van der Waals surface area contributed by atoms with E-state index >= 15 is 0 Å². The molecule has 1 aromatic heterocycles. The van der Waals surface area contributed by atoms with Gasteiger partial charge < -0.3 is 10.0 Å². The van der Waals surface area contributed by atoms with Crippen molar-refractivity contribution in [3.05, 3.63) is 41.0 Å². The number of aryl methyl sites for hydroxylation is 1. The van der Waals surface area contributed by atoms with Crippen LogP contribution in [0.1, 0.15) is 37.1 Å². The minimum atomic E-state index is -0.193. The van der Waals surface area contributed by atoms with E-state index < -0.39 is 0 Å². The lowest BCUT2D eigenvalue weighted by Gasteiger charge is -2.27. The number of aromatic nitrogens is 1. The second-order valence-corrected chi connectivity index (χ2v) is 7.93. The summed E-state index contributed by atoms with van der Waals surface area (Å²) in [4.78, 5) is 7.78. The summed E-state index contributed by atoms with van der Waals surface area (Å²) in [7, 11) is 2.07. The van der Waals surface area contributed by atoms with Gasteiger partial charge in [0.2, 0.25) is 0 Å². The fourth-order valence-corrected chi connectivity index (χ4v) is 4.38. The summed E-state index contributed by atoms with van der Waals surface area (Å²) >= 11 is 1.67. The summed E-state index contributed by atoms with van der Waals surface area (Å²) in [6, 6.07) is 9.20. The van der Waals surface area contributed by atoms with E-state index in [2.05, 4.69) is 48.1 Å². The molecule has 136 valence electrons. The molecule has 0 spiro atoms. The number of likely N-dealkylation sites (tertiary alicyclic amines) is 1. The van der Waals surface area contributed by atoms with E-state index in [0.29, 0.717) is 6.04 Å². The summed E-state index contributed by atoms with van der Waals surface area (Å²) in [6.45, 7) is 5.77.